The third-order valence-corrected chi connectivity index (χ3v) is 5.05. The maximum Gasteiger partial charge on any atom is 0.0705 e. The van der Waals surface area contributed by atoms with E-state index in [0.717, 1.165) is 30.2 Å². The van der Waals surface area contributed by atoms with E-state index in [9.17, 15) is 0 Å². The van der Waals surface area contributed by atoms with Gasteiger partial charge < -0.3 is 5.73 Å². The number of hydrogen-bond acceptors (Lipinski definition) is 2. The molecule has 0 aliphatic heterocycles. The summed E-state index contributed by atoms with van der Waals surface area (Å²) in [6.07, 6.45) is 6.51. The normalized spacial score (nSPS) is 27.1. The third-order valence-electron chi connectivity index (χ3n) is 5.05. The number of nitrogens with zero attached hydrogens (tertiary/aromatic N) is 1. The molecular formula is C18H24N2. The molecule has 0 radical (unpaired) electrons. The number of hydrogen-bond donors (Lipinski definition) is 1. The highest BCUT2D eigenvalue weighted by Crippen LogP contribution is 2.41. The lowest BCUT2D eigenvalue weighted by Gasteiger charge is -2.39. The summed E-state index contributed by atoms with van der Waals surface area (Å²) in [4.78, 5) is 4.46. The quantitative estimate of drug-likeness (QED) is 0.885. The van der Waals surface area contributed by atoms with Crippen molar-refractivity contribution in [2.24, 2.45) is 17.6 Å². The van der Waals surface area contributed by atoms with E-state index in [1.165, 1.54) is 23.8 Å². The summed E-state index contributed by atoms with van der Waals surface area (Å²) in [5.74, 6) is 1.61. The van der Waals surface area contributed by atoms with Gasteiger partial charge in [0.1, 0.15) is 0 Å². The zero-order valence-corrected chi connectivity index (χ0v) is 12.5. The van der Waals surface area contributed by atoms with Crippen LogP contribution in [0.5, 0.6) is 0 Å². The molecule has 2 N–H and O–H groups in total. The van der Waals surface area contributed by atoms with Gasteiger partial charge in [-0.25, -0.2) is 0 Å². The number of fused-ring (bicyclic) bond motifs is 1. The van der Waals surface area contributed by atoms with Gasteiger partial charge in [-0.05, 0) is 55.2 Å². The third kappa shape index (κ3) is 2.33. The molecule has 2 heteroatoms. The van der Waals surface area contributed by atoms with E-state index in [0.29, 0.717) is 0 Å². The van der Waals surface area contributed by atoms with Crippen LogP contribution in [0, 0.1) is 11.8 Å². The molecule has 2 nitrogen and oxygen atoms in total. The minimum Gasteiger partial charge on any atom is -0.321 e. The van der Waals surface area contributed by atoms with Crippen molar-refractivity contribution in [2.75, 3.05) is 0 Å². The van der Waals surface area contributed by atoms with Crippen molar-refractivity contribution in [1.29, 1.82) is 0 Å². The molecule has 0 saturated heterocycles. The van der Waals surface area contributed by atoms with Crippen molar-refractivity contribution in [1.82, 2.24) is 4.98 Å². The van der Waals surface area contributed by atoms with Crippen molar-refractivity contribution in [3.05, 3.63) is 42.1 Å². The van der Waals surface area contributed by atoms with Crippen molar-refractivity contribution in [3.63, 3.8) is 0 Å². The van der Waals surface area contributed by atoms with Crippen LogP contribution in [-0.4, -0.2) is 4.98 Å². The van der Waals surface area contributed by atoms with E-state index in [1.807, 2.05) is 12.3 Å². The van der Waals surface area contributed by atoms with Crippen LogP contribution in [0.4, 0.5) is 0 Å². The van der Waals surface area contributed by atoms with Crippen molar-refractivity contribution >= 4 is 10.9 Å². The zero-order chi connectivity index (χ0) is 14.2. The Labute approximate surface area is 121 Å². The van der Waals surface area contributed by atoms with Crippen LogP contribution >= 0.6 is 0 Å². The Morgan fingerprint density at radius 3 is 2.60 bits per heavy atom. The van der Waals surface area contributed by atoms with Crippen LogP contribution < -0.4 is 5.73 Å². The lowest BCUT2D eigenvalue weighted by atomic mass is 9.70. The van der Waals surface area contributed by atoms with Gasteiger partial charge in [-0.15, -0.1) is 0 Å². The first kappa shape index (κ1) is 13.6. The second kappa shape index (κ2) is 5.17. The Bertz CT molecular complexity index is 590. The Kier molecular flexibility index (Phi) is 3.51. The Balaban J connectivity index is 1.95. The number of rotatable bonds is 2. The maximum absolute atomic E-state index is 6.78. The molecule has 1 aromatic carbocycles. The lowest BCUT2D eigenvalue weighted by molar-refractivity contribution is 0.197. The highest BCUT2D eigenvalue weighted by Gasteiger charge is 2.35. The summed E-state index contributed by atoms with van der Waals surface area (Å²) in [7, 11) is 0. The molecule has 3 rings (SSSR count). The summed E-state index contributed by atoms with van der Waals surface area (Å²) in [5, 5.41) is 1.22. The highest BCUT2D eigenvalue weighted by molar-refractivity contribution is 5.83. The van der Waals surface area contributed by atoms with Crippen LogP contribution in [-0.2, 0) is 5.54 Å². The molecule has 1 aliphatic carbocycles. The van der Waals surface area contributed by atoms with E-state index in [4.69, 9.17) is 5.73 Å². The summed E-state index contributed by atoms with van der Waals surface area (Å²) in [6.45, 7) is 4.66. The predicted molar refractivity (Wildman–Crippen MR) is 84.4 cm³/mol. The molecule has 2 aromatic rings. The van der Waals surface area contributed by atoms with Gasteiger partial charge in [0.2, 0.25) is 0 Å². The SMILES string of the molecule is CC(C)C1CCC(N)(c2cccc3ncccc23)CC1. The first-order valence-corrected chi connectivity index (χ1v) is 7.73. The van der Waals surface area contributed by atoms with E-state index >= 15 is 0 Å². The fraction of sp³-hybridized carbons (Fsp3) is 0.500. The molecule has 0 atom stereocenters. The second-order valence-corrected chi connectivity index (χ2v) is 6.61. The van der Waals surface area contributed by atoms with E-state index in [1.54, 1.807) is 0 Å². The van der Waals surface area contributed by atoms with Crippen molar-refractivity contribution < 1.29 is 0 Å². The van der Waals surface area contributed by atoms with E-state index in [2.05, 4.69) is 43.1 Å². The average Bonchev–Trinajstić information content (AvgIpc) is 2.47. The number of aromatic nitrogens is 1. The summed E-state index contributed by atoms with van der Waals surface area (Å²) in [6, 6.07) is 10.5. The average molecular weight is 268 g/mol. The van der Waals surface area contributed by atoms with Crippen molar-refractivity contribution in [3.8, 4) is 0 Å². The maximum atomic E-state index is 6.78. The minimum absolute atomic E-state index is 0.173. The number of nitrogens with two attached hydrogens (primary N) is 1. The molecule has 1 heterocycles. The first-order valence-electron chi connectivity index (χ1n) is 7.73. The molecule has 1 saturated carbocycles. The molecular weight excluding hydrogens is 244 g/mol. The Hall–Kier alpha value is -1.41. The van der Waals surface area contributed by atoms with Crippen LogP contribution in [0.15, 0.2) is 36.5 Å². The van der Waals surface area contributed by atoms with Gasteiger partial charge in [0.25, 0.3) is 0 Å². The molecule has 1 aromatic heterocycles. The standard InChI is InChI=1S/C18H24N2/c1-13(2)14-8-10-18(19,11-9-14)16-6-3-7-17-15(16)5-4-12-20-17/h3-7,12-14H,8-11,19H2,1-2H3. The van der Waals surface area contributed by atoms with Gasteiger partial charge in [0.15, 0.2) is 0 Å². The monoisotopic (exact) mass is 268 g/mol. The lowest BCUT2D eigenvalue weighted by Crippen LogP contribution is -2.41. The fourth-order valence-corrected chi connectivity index (χ4v) is 3.63. The Morgan fingerprint density at radius 1 is 1.15 bits per heavy atom. The van der Waals surface area contributed by atoms with Gasteiger partial charge in [0.05, 0.1) is 5.52 Å². The van der Waals surface area contributed by atoms with Crippen molar-refractivity contribution in [2.45, 2.75) is 45.1 Å². The van der Waals surface area contributed by atoms with Gasteiger partial charge >= 0.3 is 0 Å². The molecule has 106 valence electrons. The van der Waals surface area contributed by atoms with Gasteiger partial charge in [0, 0.05) is 17.1 Å². The topological polar surface area (TPSA) is 38.9 Å². The molecule has 0 spiro atoms. The van der Waals surface area contributed by atoms with E-state index in [-0.39, 0.29) is 5.54 Å². The van der Waals surface area contributed by atoms with E-state index < -0.39 is 0 Å². The largest absolute Gasteiger partial charge is 0.321 e. The first-order chi connectivity index (χ1) is 9.60. The van der Waals surface area contributed by atoms with Crippen LogP contribution in [0.2, 0.25) is 0 Å². The second-order valence-electron chi connectivity index (χ2n) is 6.61. The summed E-state index contributed by atoms with van der Waals surface area (Å²) >= 11 is 0. The van der Waals surface area contributed by atoms with Gasteiger partial charge in [-0.2, -0.15) is 0 Å². The Morgan fingerprint density at radius 2 is 1.90 bits per heavy atom. The molecule has 20 heavy (non-hydrogen) atoms. The zero-order valence-electron chi connectivity index (χ0n) is 12.5. The molecule has 0 unspecified atom stereocenters. The molecule has 1 fully saturated rings. The van der Waals surface area contributed by atoms with Gasteiger partial charge in [-0.3, -0.25) is 4.98 Å². The molecule has 1 aliphatic rings. The fourth-order valence-electron chi connectivity index (χ4n) is 3.63. The minimum atomic E-state index is -0.173. The van der Waals surface area contributed by atoms with Crippen LogP contribution in [0.1, 0.15) is 45.1 Å². The van der Waals surface area contributed by atoms with Gasteiger partial charge in [-0.1, -0.05) is 32.0 Å². The summed E-state index contributed by atoms with van der Waals surface area (Å²) < 4.78 is 0. The molecule has 0 amide bonds. The van der Waals surface area contributed by atoms with Crippen LogP contribution in [0.25, 0.3) is 10.9 Å². The van der Waals surface area contributed by atoms with Crippen LogP contribution in [0.3, 0.4) is 0 Å². The summed E-state index contributed by atoms with van der Waals surface area (Å²) in [5.41, 5.74) is 8.95. The number of pyridine rings is 1. The number of benzene rings is 1. The smallest absolute Gasteiger partial charge is 0.0705 e. The highest BCUT2D eigenvalue weighted by atomic mass is 14.8. The molecule has 0 bridgehead atoms. The predicted octanol–water partition coefficient (Wildman–Crippen LogP) is 4.24.